The Morgan fingerprint density at radius 1 is 1.22 bits per heavy atom. The highest BCUT2D eigenvalue weighted by atomic mass is 19.1. The molecule has 6 heteroatoms. The summed E-state index contributed by atoms with van der Waals surface area (Å²) in [5.41, 5.74) is 0.581. The van der Waals surface area contributed by atoms with Gasteiger partial charge >= 0.3 is 0 Å². The van der Waals surface area contributed by atoms with Crippen molar-refractivity contribution < 1.29 is 18.8 Å². The van der Waals surface area contributed by atoms with E-state index in [0.717, 1.165) is 19.1 Å². The number of nitrogens with zero attached hydrogens (tertiary/aromatic N) is 1. The van der Waals surface area contributed by atoms with Gasteiger partial charge in [-0.25, -0.2) is 4.39 Å². The van der Waals surface area contributed by atoms with Crippen LogP contribution in [0.4, 0.5) is 4.39 Å². The number of likely N-dealkylation sites (tertiary alicyclic amines) is 1. The molecule has 2 atom stereocenters. The third kappa shape index (κ3) is 3.35. The minimum absolute atomic E-state index is 0.0821. The third-order valence-electron chi connectivity index (χ3n) is 5.06. The third-order valence-corrected chi connectivity index (χ3v) is 5.06. The van der Waals surface area contributed by atoms with Crippen LogP contribution in [0.1, 0.15) is 32.1 Å². The summed E-state index contributed by atoms with van der Waals surface area (Å²) in [5.74, 6) is -1.29. The number of hydrogen-bond acceptors (Lipinski definition) is 4. The molecule has 0 bridgehead atoms. The van der Waals surface area contributed by atoms with Gasteiger partial charge in [0.25, 0.3) is 0 Å². The number of allylic oxidation sites excluding steroid dienone is 3. The SMILES string of the molecule is O=CC1CCN(C2=CCC(C3CCC(=O)NC3=O)C=C2F)CC1. The lowest BCUT2D eigenvalue weighted by atomic mass is 9.80. The molecule has 124 valence electrons. The summed E-state index contributed by atoms with van der Waals surface area (Å²) in [6, 6.07) is 0. The van der Waals surface area contributed by atoms with Gasteiger partial charge in [0.1, 0.15) is 12.1 Å². The molecule has 0 saturated carbocycles. The number of nitrogens with one attached hydrogen (secondary N) is 1. The van der Waals surface area contributed by atoms with Crippen molar-refractivity contribution in [1.82, 2.24) is 10.2 Å². The molecule has 2 saturated heterocycles. The summed E-state index contributed by atoms with van der Waals surface area (Å²) in [6.07, 6.45) is 7.27. The van der Waals surface area contributed by atoms with E-state index in [0.29, 0.717) is 38.0 Å². The van der Waals surface area contributed by atoms with Gasteiger partial charge < -0.3 is 9.69 Å². The summed E-state index contributed by atoms with van der Waals surface area (Å²) in [6.45, 7) is 1.36. The normalized spacial score (nSPS) is 29.7. The lowest BCUT2D eigenvalue weighted by molar-refractivity contribution is -0.137. The molecule has 23 heavy (non-hydrogen) atoms. The standard InChI is InChI=1S/C17H21FN2O3/c18-14-9-12(13-2-4-16(22)19-17(13)23)1-3-15(14)20-7-5-11(10-21)6-8-20/h3,9-13H,1-2,4-8H2,(H,19,22,23). The zero-order chi connectivity index (χ0) is 16.4. The number of amides is 2. The Morgan fingerprint density at radius 2 is 1.96 bits per heavy atom. The van der Waals surface area contributed by atoms with E-state index in [2.05, 4.69) is 5.32 Å². The quantitative estimate of drug-likeness (QED) is 0.635. The smallest absolute Gasteiger partial charge is 0.230 e. The Balaban J connectivity index is 1.64. The van der Waals surface area contributed by atoms with Gasteiger partial charge in [0.05, 0.1) is 5.70 Å². The second-order valence-corrected chi connectivity index (χ2v) is 6.52. The van der Waals surface area contributed by atoms with E-state index in [9.17, 15) is 18.8 Å². The van der Waals surface area contributed by atoms with Gasteiger partial charge in [-0.05, 0) is 37.7 Å². The molecular weight excluding hydrogens is 299 g/mol. The molecule has 0 radical (unpaired) electrons. The van der Waals surface area contributed by atoms with E-state index < -0.39 is 0 Å². The molecule has 3 aliphatic rings. The zero-order valence-corrected chi connectivity index (χ0v) is 13.0. The van der Waals surface area contributed by atoms with Crippen LogP contribution in [0.3, 0.4) is 0 Å². The maximum Gasteiger partial charge on any atom is 0.230 e. The fourth-order valence-corrected chi connectivity index (χ4v) is 3.64. The molecule has 1 aliphatic carbocycles. The van der Waals surface area contributed by atoms with Crippen LogP contribution in [-0.2, 0) is 14.4 Å². The molecule has 2 aliphatic heterocycles. The second kappa shape index (κ2) is 6.64. The number of piperidine rings is 2. The molecule has 5 nitrogen and oxygen atoms in total. The minimum Gasteiger partial charge on any atom is -0.369 e. The molecule has 2 amide bonds. The number of aldehydes is 1. The zero-order valence-electron chi connectivity index (χ0n) is 13.0. The van der Waals surface area contributed by atoms with E-state index in [4.69, 9.17) is 0 Å². The summed E-state index contributed by atoms with van der Waals surface area (Å²) >= 11 is 0. The van der Waals surface area contributed by atoms with Gasteiger partial charge in [-0.3, -0.25) is 14.9 Å². The van der Waals surface area contributed by atoms with E-state index >= 15 is 0 Å². The predicted molar refractivity (Wildman–Crippen MR) is 81.6 cm³/mol. The van der Waals surface area contributed by atoms with Crippen LogP contribution >= 0.6 is 0 Å². The predicted octanol–water partition coefficient (Wildman–Crippen LogP) is 1.71. The average molecular weight is 320 g/mol. The van der Waals surface area contributed by atoms with E-state index in [1.54, 1.807) is 0 Å². The maximum absolute atomic E-state index is 14.5. The molecule has 0 aromatic carbocycles. The van der Waals surface area contributed by atoms with Crippen molar-refractivity contribution in [3.63, 3.8) is 0 Å². The average Bonchev–Trinajstić information content (AvgIpc) is 2.55. The Bertz CT molecular complexity index is 576. The Kier molecular flexibility index (Phi) is 4.59. The maximum atomic E-state index is 14.5. The fourth-order valence-electron chi connectivity index (χ4n) is 3.64. The molecule has 0 aromatic heterocycles. The van der Waals surface area contributed by atoms with Gasteiger partial charge in [-0.15, -0.1) is 0 Å². The molecular formula is C17H21FN2O3. The van der Waals surface area contributed by atoms with Crippen molar-refractivity contribution in [3.05, 3.63) is 23.7 Å². The van der Waals surface area contributed by atoms with Gasteiger partial charge in [0.2, 0.25) is 11.8 Å². The van der Waals surface area contributed by atoms with Crippen LogP contribution in [-0.4, -0.2) is 36.1 Å². The van der Waals surface area contributed by atoms with Crippen molar-refractivity contribution in [1.29, 1.82) is 0 Å². The lowest BCUT2D eigenvalue weighted by Gasteiger charge is -2.35. The van der Waals surface area contributed by atoms with Crippen LogP contribution in [0, 0.1) is 17.8 Å². The van der Waals surface area contributed by atoms with Crippen molar-refractivity contribution in [2.45, 2.75) is 32.1 Å². The van der Waals surface area contributed by atoms with Crippen molar-refractivity contribution in [3.8, 4) is 0 Å². The Morgan fingerprint density at radius 3 is 2.57 bits per heavy atom. The second-order valence-electron chi connectivity index (χ2n) is 6.52. The fraction of sp³-hybridized carbons (Fsp3) is 0.588. The molecule has 2 unspecified atom stereocenters. The summed E-state index contributed by atoms with van der Waals surface area (Å²) in [5, 5.41) is 2.33. The highest BCUT2D eigenvalue weighted by Crippen LogP contribution is 2.35. The number of carbonyl (C=O) groups excluding carboxylic acids is 3. The highest BCUT2D eigenvalue weighted by Gasteiger charge is 2.34. The number of imide groups is 1. The summed E-state index contributed by atoms with van der Waals surface area (Å²) < 4.78 is 14.5. The van der Waals surface area contributed by atoms with Crippen LogP contribution in [0.15, 0.2) is 23.7 Å². The van der Waals surface area contributed by atoms with Crippen molar-refractivity contribution in [2.75, 3.05) is 13.1 Å². The summed E-state index contributed by atoms with van der Waals surface area (Å²) in [4.78, 5) is 35.9. The first-order chi connectivity index (χ1) is 11.1. The monoisotopic (exact) mass is 320 g/mol. The highest BCUT2D eigenvalue weighted by molar-refractivity contribution is 5.98. The Labute approximate surface area is 134 Å². The topological polar surface area (TPSA) is 66.5 Å². The number of halogens is 1. The van der Waals surface area contributed by atoms with Crippen LogP contribution in [0.2, 0.25) is 0 Å². The number of hydrogen-bond donors (Lipinski definition) is 1. The Hall–Kier alpha value is -1.98. The van der Waals surface area contributed by atoms with E-state index in [1.807, 2.05) is 11.0 Å². The molecule has 0 spiro atoms. The molecule has 2 fully saturated rings. The largest absolute Gasteiger partial charge is 0.369 e. The van der Waals surface area contributed by atoms with Gasteiger partial charge in [-0.1, -0.05) is 6.08 Å². The first-order valence-corrected chi connectivity index (χ1v) is 8.20. The van der Waals surface area contributed by atoms with Crippen LogP contribution in [0.5, 0.6) is 0 Å². The van der Waals surface area contributed by atoms with E-state index in [-0.39, 0.29) is 35.4 Å². The number of carbonyl (C=O) groups is 3. The minimum atomic E-state index is -0.336. The molecule has 0 aromatic rings. The van der Waals surface area contributed by atoms with Gasteiger partial charge in [0.15, 0.2) is 0 Å². The van der Waals surface area contributed by atoms with Crippen LogP contribution in [0.25, 0.3) is 0 Å². The molecule has 3 rings (SSSR count). The van der Waals surface area contributed by atoms with Gasteiger partial charge in [-0.2, -0.15) is 0 Å². The number of rotatable bonds is 3. The van der Waals surface area contributed by atoms with E-state index in [1.165, 1.54) is 6.08 Å². The molecule has 1 N–H and O–H groups in total. The van der Waals surface area contributed by atoms with Crippen molar-refractivity contribution >= 4 is 18.1 Å². The first-order valence-electron chi connectivity index (χ1n) is 8.20. The summed E-state index contributed by atoms with van der Waals surface area (Å²) in [7, 11) is 0. The molecule has 2 heterocycles. The van der Waals surface area contributed by atoms with Crippen LogP contribution < -0.4 is 5.32 Å². The van der Waals surface area contributed by atoms with Crippen molar-refractivity contribution in [2.24, 2.45) is 17.8 Å². The lowest BCUT2D eigenvalue weighted by Crippen LogP contribution is -2.43. The first kappa shape index (κ1) is 15.9. The van der Waals surface area contributed by atoms with Gasteiger partial charge in [0, 0.05) is 31.3 Å².